The maximum Gasteiger partial charge on any atom is 0.338 e. The molecule has 0 spiro atoms. The largest absolute Gasteiger partial charge is 0.464 e. The van der Waals surface area contributed by atoms with Crippen molar-refractivity contribution in [3.05, 3.63) is 82.9 Å². The molecule has 0 radical (unpaired) electrons. The van der Waals surface area contributed by atoms with Crippen molar-refractivity contribution in [1.82, 2.24) is 5.32 Å². The quantitative estimate of drug-likeness (QED) is 0.140. The molecule has 3 aromatic carbocycles. The van der Waals surface area contributed by atoms with E-state index in [1.54, 1.807) is 67.6 Å². The van der Waals surface area contributed by atoms with E-state index in [2.05, 4.69) is 5.32 Å². The zero-order valence-corrected chi connectivity index (χ0v) is 20.6. The van der Waals surface area contributed by atoms with Crippen LogP contribution >= 0.6 is 0 Å². The highest BCUT2D eigenvalue weighted by Crippen LogP contribution is 2.29. The second-order valence-electron chi connectivity index (χ2n) is 8.59. The average Bonchev–Trinajstić information content (AvgIpc) is 2.89. The van der Waals surface area contributed by atoms with E-state index >= 15 is 0 Å². The predicted octanol–water partition coefficient (Wildman–Crippen LogP) is 3.53. The second kappa shape index (κ2) is 11.6. The van der Waals surface area contributed by atoms with Crippen LogP contribution in [0.2, 0.25) is 0 Å². The van der Waals surface area contributed by atoms with Crippen molar-refractivity contribution < 1.29 is 19.1 Å². The molecule has 36 heavy (non-hydrogen) atoms. The summed E-state index contributed by atoms with van der Waals surface area (Å²) in [7, 11) is 0. The summed E-state index contributed by atoms with van der Waals surface area (Å²) in [5, 5.41) is 11.7. The van der Waals surface area contributed by atoms with E-state index in [9.17, 15) is 14.4 Å². The number of carbonyl (C=O) groups is 3. The molecule has 0 aliphatic rings. The van der Waals surface area contributed by atoms with Crippen LogP contribution in [0.25, 0.3) is 10.8 Å². The fourth-order valence-electron chi connectivity index (χ4n) is 3.98. The molecule has 0 aromatic heterocycles. The highest BCUT2D eigenvalue weighted by Gasteiger charge is 2.44. The summed E-state index contributed by atoms with van der Waals surface area (Å²) in [6.45, 7) is 4.03. The van der Waals surface area contributed by atoms with Crippen LogP contribution < -0.4 is 16.8 Å². The number of hydrogen-bond donors (Lipinski definition) is 4. The number of rotatable bonds is 11. The van der Waals surface area contributed by atoms with Gasteiger partial charge in [0.05, 0.1) is 6.61 Å². The van der Waals surface area contributed by atoms with Gasteiger partial charge in [0.1, 0.15) is 5.84 Å². The number of unbranched alkanes of at least 4 members (excludes halogenated alkanes) is 1. The molecule has 188 valence electrons. The molecule has 8 nitrogen and oxygen atoms in total. The van der Waals surface area contributed by atoms with Gasteiger partial charge in [-0.2, -0.15) is 0 Å². The fourth-order valence-corrected chi connectivity index (χ4v) is 3.98. The Bertz CT molecular complexity index is 1290. The Kier molecular flexibility index (Phi) is 8.55. The molecule has 0 saturated carbocycles. The number of hydrogen-bond acceptors (Lipinski definition) is 6. The lowest BCUT2D eigenvalue weighted by atomic mass is 9.83. The third-order valence-corrected chi connectivity index (χ3v) is 6.09. The molecule has 0 aliphatic carbocycles. The number of nitrogen functional groups attached to an aromatic ring is 1. The fraction of sp³-hybridized carbons (Fsp3) is 0.286. The molecule has 0 fully saturated rings. The Balaban J connectivity index is 1.89. The van der Waals surface area contributed by atoms with Crippen LogP contribution in [0.3, 0.4) is 0 Å². The first-order valence-electron chi connectivity index (χ1n) is 12.0. The van der Waals surface area contributed by atoms with E-state index in [0.717, 1.165) is 12.0 Å². The minimum absolute atomic E-state index is 0.0165. The van der Waals surface area contributed by atoms with Crippen LogP contribution in [0.15, 0.2) is 60.7 Å². The highest BCUT2D eigenvalue weighted by molar-refractivity contribution is 6.11. The van der Waals surface area contributed by atoms with Gasteiger partial charge in [-0.05, 0) is 47.4 Å². The van der Waals surface area contributed by atoms with Crippen LogP contribution in [-0.4, -0.2) is 30.1 Å². The Morgan fingerprint density at radius 1 is 1.03 bits per heavy atom. The molecular weight excluding hydrogens is 456 g/mol. The number of Topliss-reactive ketones (excluding diaryl/α,β-unsaturated/α-hetero) is 1. The number of fused-ring (bicyclic) bond motifs is 1. The van der Waals surface area contributed by atoms with Crippen LogP contribution in [0.4, 0.5) is 0 Å². The topological polar surface area (TPSA) is 148 Å². The maximum atomic E-state index is 13.0. The summed E-state index contributed by atoms with van der Waals surface area (Å²) >= 11 is 0. The summed E-state index contributed by atoms with van der Waals surface area (Å²) in [6.07, 6.45) is 1.58. The molecule has 3 aromatic rings. The lowest BCUT2D eigenvalue weighted by molar-refractivity contribution is -0.154. The molecule has 0 saturated heterocycles. The zero-order valence-electron chi connectivity index (χ0n) is 20.6. The van der Waals surface area contributed by atoms with Crippen molar-refractivity contribution in [3.8, 4) is 0 Å². The third kappa shape index (κ3) is 5.60. The number of ether oxygens (including phenoxy) is 1. The Morgan fingerprint density at radius 2 is 1.75 bits per heavy atom. The van der Waals surface area contributed by atoms with Gasteiger partial charge in [-0.15, -0.1) is 0 Å². The molecular formula is C28H32N4O4. The van der Waals surface area contributed by atoms with Gasteiger partial charge in [-0.25, -0.2) is 4.79 Å². The monoisotopic (exact) mass is 488 g/mol. The number of amidine groups is 1. The lowest BCUT2D eigenvalue weighted by Crippen LogP contribution is -2.52. The van der Waals surface area contributed by atoms with Crippen LogP contribution in [0.5, 0.6) is 0 Å². The number of nitrogens with one attached hydrogen (secondary N) is 2. The van der Waals surface area contributed by atoms with E-state index in [0.29, 0.717) is 40.4 Å². The minimum atomic E-state index is -1.91. The third-order valence-electron chi connectivity index (χ3n) is 6.09. The van der Waals surface area contributed by atoms with Crippen molar-refractivity contribution in [2.75, 3.05) is 6.61 Å². The van der Waals surface area contributed by atoms with Gasteiger partial charge < -0.3 is 21.5 Å². The Morgan fingerprint density at radius 3 is 2.39 bits per heavy atom. The van der Waals surface area contributed by atoms with Gasteiger partial charge in [0.2, 0.25) is 0 Å². The smallest absolute Gasteiger partial charge is 0.338 e. The van der Waals surface area contributed by atoms with Crippen molar-refractivity contribution in [2.24, 2.45) is 11.5 Å². The molecule has 0 bridgehead atoms. The lowest BCUT2D eigenvalue weighted by Gasteiger charge is -2.26. The van der Waals surface area contributed by atoms with Gasteiger partial charge in [-0.1, -0.05) is 61.9 Å². The van der Waals surface area contributed by atoms with Crippen molar-refractivity contribution >= 4 is 34.3 Å². The van der Waals surface area contributed by atoms with Crippen molar-refractivity contribution in [2.45, 2.75) is 45.2 Å². The number of nitrogens with two attached hydrogens (primary N) is 2. The number of esters is 1. The summed E-state index contributed by atoms with van der Waals surface area (Å²) in [5.74, 6) is -1.47. The summed E-state index contributed by atoms with van der Waals surface area (Å²) in [5.41, 5.74) is 12.3. The number of amides is 1. The first-order valence-corrected chi connectivity index (χ1v) is 12.0. The van der Waals surface area contributed by atoms with Gasteiger partial charge >= 0.3 is 5.97 Å². The predicted molar refractivity (Wildman–Crippen MR) is 140 cm³/mol. The van der Waals surface area contributed by atoms with Crippen molar-refractivity contribution in [3.63, 3.8) is 0 Å². The molecule has 0 heterocycles. The van der Waals surface area contributed by atoms with Gasteiger partial charge in [0.25, 0.3) is 5.91 Å². The molecule has 8 heteroatoms. The highest BCUT2D eigenvalue weighted by atomic mass is 16.5. The van der Waals surface area contributed by atoms with Crippen LogP contribution in [-0.2, 0) is 26.4 Å². The Labute approximate surface area is 210 Å². The van der Waals surface area contributed by atoms with Crippen LogP contribution in [0, 0.1) is 5.41 Å². The van der Waals surface area contributed by atoms with E-state index in [1.165, 1.54) is 0 Å². The minimum Gasteiger partial charge on any atom is -0.464 e. The average molecular weight is 489 g/mol. The van der Waals surface area contributed by atoms with E-state index in [4.69, 9.17) is 21.6 Å². The number of benzene rings is 3. The summed E-state index contributed by atoms with van der Waals surface area (Å²) in [6, 6.07) is 17.3. The Hall–Kier alpha value is -4.04. The first-order chi connectivity index (χ1) is 17.2. The number of carbonyl (C=O) groups excluding carboxylic acids is 3. The van der Waals surface area contributed by atoms with Crippen molar-refractivity contribution in [1.29, 1.82) is 5.41 Å². The molecule has 1 atom stereocenters. The molecule has 1 amide bonds. The molecule has 1 unspecified atom stereocenters. The standard InChI is InChI=1S/C28H32N4O4/c1-3-5-9-24(33)28(31,27(35)36-4-2)21-14-15-22-20(16-21)7-6-8-23(22)26(34)32-17-18-10-12-19(13-11-18)25(29)30/h6-8,10-16H,3-5,9,17,31H2,1-2H3,(H3,29,30)(H,32,34). The summed E-state index contributed by atoms with van der Waals surface area (Å²) in [4.78, 5) is 38.8. The zero-order chi connectivity index (χ0) is 26.3. The normalized spacial score (nSPS) is 12.5. The SMILES string of the molecule is CCCCC(=O)C(N)(C(=O)OCC)c1ccc2c(C(=O)NCc3ccc(C(=N)N)cc3)cccc2c1. The maximum absolute atomic E-state index is 13.0. The van der Waals surface area contributed by atoms with Gasteiger partial charge in [-0.3, -0.25) is 15.0 Å². The van der Waals surface area contributed by atoms with Gasteiger partial charge in [0.15, 0.2) is 11.3 Å². The van der Waals surface area contributed by atoms with E-state index < -0.39 is 17.3 Å². The summed E-state index contributed by atoms with van der Waals surface area (Å²) < 4.78 is 5.16. The second-order valence-corrected chi connectivity index (χ2v) is 8.59. The first kappa shape index (κ1) is 26.6. The number of ketones is 1. The molecule has 3 rings (SSSR count). The van der Waals surface area contributed by atoms with Gasteiger partial charge in [0, 0.05) is 24.1 Å². The molecule has 0 aliphatic heterocycles. The molecule has 6 N–H and O–H groups in total. The van der Waals surface area contributed by atoms with Crippen LogP contribution in [0.1, 0.15) is 60.2 Å². The van der Waals surface area contributed by atoms with E-state index in [-0.39, 0.29) is 24.8 Å². The van der Waals surface area contributed by atoms with E-state index in [1.807, 2.05) is 6.92 Å².